The van der Waals surface area contributed by atoms with E-state index >= 15 is 0 Å². The van der Waals surface area contributed by atoms with E-state index < -0.39 is 22.7 Å². The number of rotatable bonds is 6. The fourth-order valence-corrected chi connectivity index (χ4v) is 8.03. The van der Waals surface area contributed by atoms with Gasteiger partial charge in [-0.05, 0) is 123 Å². The number of methoxy groups -OCH3 is 2. The van der Waals surface area contributed by atoms with Crippen molar-refractivity contribution in [2.75, 3.05) is 57.3 Å². The number of carbonyl (C=O) groups excluding carboxylic acids is 4. The summed E-state index contributed by atoms with van der Waals surface area (Å²) in [7, 11) is 2.52. The van der Waals surface area contributed by atoms with Gasteiger partial charge in [-0.15, -0.1) is 0 Å². The molecule has 21 nitrogen and oxygen atoms in total. The maximum absolute atomic E-state index is 12.5. The largest absolute Gasteiger partial charge is 0.457 e. The molecule has 0 saturated carbocycles. The average Bonchev–Trinajstić information content (AvgIpc) is 3.95. The minimum Gasteiger partial charge on any atom is -0.457 e. The van der Waals surface area contributed by atoms with Crippen LogP contribution in [0.1, 0.15) is 79.7 Å². The zero-order chi connectivity index (χ0) is 54.5. The van der Waals surface area contributed by atoms with Crippen LogP contribution in [-0.4, -0.2) is 143 Å². The summed E-state index contributed by atoms with van der Waals surface area (Å²) in [6, 6.07) is 7.19. The normalized spacial score (nSPS) is 15.8. The summed E-state index contributed by atoms with van der Waals surface area (Å²) in [6.07, 6.45) is 11.1. The van der Waals surface area contributed by atoms with Crippen molar-refractivity contribution in [2.24, 2.45) is 0 Å². The highest BCUT2D eigenvalue weighted by Crippen LogP contribution is 2.33. The molecule has 2 aliphatic heterocycles. The van der Waals surface area contributed by atoms with Gasteiger partial charge in [0.15, 0.2) is 5.65 Å². The molecule has 0 bridgehead atoms. The second-order valence-corrected chi connectivity index (χ2v) is 19.6. The summed E-state index contributed by atoms with van der Waals surface area (Å²) >= 11 is 14.1. The SMILES string of the molecule is COC(=O)Cl.COC(=O)n1cc(-c2nc(N[C@H]3CCCN(C(=O)OC(C)(C)C)C3)ncc2C)c2ccc(Cl)nc21.Cc1cnc(N[C@H]2CCCN(C(=O)OC(C)(C)C)C2)nc1-c1c[nH]c2c1ccc[n+]2O.[2H]CS. The van der Waals surface area contributed by atoms with Crippen LogP contribution in [0.2, 0.25) is 5.15 Å². The highest BCUT2D eigenvalue weighted by atomic mass is 35.5. The summed E-state index contributed by atoms with van der Waals surface area (Å²) in [5.74, 6) is 0.946. The van der Waals surface area contributed by atoms with Gasteiger partial charge in [0.2, 0.25) is 11.9 Å². The highest BCUT2D eigenvalue weighted by Gasteiger charge is 2.30. The van der Waals surface area contributed by atoms with Gasteiger partial charge in [-0.3, -0.25) is 0 Å². The van der Waals surface area contributed by atoms with E-state index in [1.807, 2.05) is 67.7 Å². The minimum absolute atomic E-state index is 0.0243. The molecule has 6 aromatic rings. The first-order valence-electron chi connectivity index (χ1n) is 23.9. The van der Waals surface area contributed by atoms with E-state index in [1.165, 1.54) is 18.8 Å². The molecular weight excluding hydrogens is 1000 g/mol. The Kier molecular flexibility index (Phi) is 19.3. The first-order chi connectivity index (χ1) is 34.9. The number of nitrogens with one attached hydrogen (secondary N) is 3. The Bertz CT molecular complexity index is 2910. The number of anilines is 2. The van der Waals surface area contributed by atoms with Crippen molar-refractivity contribution in [2.45, 2.75) is 104 Å². The van der Waals surface area contributed by atoms with Gasteiger partial charge in [-0.25, -0.2) is 53.6 Å². The second-order valence-electron chi connectivity index (χ2n) is 18.9. The molecule has 0 aliphatic carbocycles. The number of aromatic amines is 1. The van der Waals surface area contributed by atoms with Crippen LogP contribution in [0.3, 0.4) is 0 Å². The number of carbonyl (C=O) groups is 4. The molecule has 0 unspecified atom stereocenters. The van der Waals surface area contributed by atoms with Crippen molar-refractivity contribution >= 4 is 93.5 Å². The first-order valence-corrected chi connectivity index (χ1v) is 24.6. The van der Waals surface area contributed by atoms with Crippen LogP contribution in [0.4, 0.5) is 31.1 Å². The number of H-pyrrole nitrogens is 1. The molecule has 2 aliphatic rings. The molecule has 0 aromatic carbocycles. The Morgan fingerprint density at radius 3 is 1.79 bits per heavy atom. The summed E-state index contributed by atoms with van der Waals surface area (Å²) in [5.41, 5.74) is 3.94. The van der Waals surface area contributed by atoms with Crippen molar-refractivity contribution in [1.82, 2.24) is 44.3 Å². The summed E-state index contributed by atoms with van der Waals surface area (Å²) in [6.45, 7) is 17.4. The quantitative estimate of drug-likeness (QED) is 0.0260. The molecule has 4 N–H and O–H groups in total. The molecule has 8 rings (SSSR count). The number of thiol groups is 1. The number of fused-ring (bicyclic) bond motifs is 2. The standard InChI is InChI=1S/C24H29ClN6O4.C22H28N6O3.C2H3ClO2.CH4S/c1-14-11-26-21(27-15-7-6-10-30(12-15)22(32)35-24(2,3)4)29-19(14)17-13-31(23(33)34-5)20-16(17)8-9-18(25)28-20;1-14-11-24-20(25-15-7-5-9-27(13-15)21(29)31-22(2,3)4)26-18(14)17-12-23-19-16(17)8-6-10-28(19)30;1-5-2(3)4;1-2/h8-9,11,13,15H,6-7,10,12H2,1-5H3,(H,26,27,29);6,8,10-12,15,30H,5,7,9,13H2,1-4H3,(H,24,25,26);1H3;2H,1H3/p+1/t2*15-;;/m00../s1/i;;;1D. The number of amides is 2. The number of pyridine rings is 2. The lowest BCUT2D eigenvalue weighted by Gasteiger charge is -2.34. The predicted molar refractivity (Wildman–Crippen MR) is 282 cm³/mol. The molecule has 24 heteroatoms. The van der Waals surface area contributed by atoms with Crippen molar-refractivity contribution in [3.8, 4) is 22.5 Å². The van der Waals surface area contributed by atoms with Crippen LogP contribution in [0.5, 0.6) is 0 Å². The van der Waals surface area contributed by atoms with E-state index in [4.69, 9.17) is 37.2 Å². The summed E-state index contributed by atoms with van der Waals surface area (Å²) < 4.78 is 28.3. The van der Waals surface area contributed by atoms with E-state index in [1.54, 1.807) is 52.8 Å². The zero-order valence-corrected chi connectivity index (χ0v) is 45.1. The number of nitrogens with zero attached hydrogens (tertiary/aromatic N) is 9. The minimum atomic E-state index is -0.773. The number of ether oxygens (including phenoxy) is 4. The smallest absolute Gasteiger partial charge is 0.419 e. The Morgan fingerprint density at radius 2 is 1.32 bits per heavy atom. The van der Waals surface area contributed by atoms with Gasteiger partial charge in [-0.1, -0.05) is 16.3 Å². The van der Waals surface area contributed by atoms with Gasteiger partial charge >= 0.3 is 29.4 Å². The molecule has 6 aromatic heterocycles. The van der Waals surface area contributed by atoms with Gasteiger partial charge in [0, 0.05) is 80.8 Å². The van der Waals surface area contributed by atoms with E-state index in [-0.39, 0.29) is 35.7 Å². The monoisotopic (exact) mass is 1070 g/mol. The number of likely N-dealkylation sites (tertiary alicyclic amines) is 2. The van der Waals surface area contributed by atoms with Crippen LogP contribution in [0, 0.1) is 13.8 Å². The average molecular weight is 1070 g/mol. The molecule has 394 valence electrons. The topological polar surface area (TPSA) is 245 Å². The molecule has 2 atom stereocenters. The van der Waals surface area contributed by atoms with Crippen molar-refractivity contribution in [3.63, 3.8) is 0 Å². The van der Waals surface area contributed by atoms with Crippen LogP contribution in [0.15, 0.2) is 55.2 Å². The zero-order valence-electron chi connectivity index (χ0n) is 43.7. The Morgan fingerprint density at radius 1 is 0.808 bits per heavy atom. The molecule has 0 radical (unpaired) electrons. The maximum Gasteiger partial charge on any atom is 0.419 e. The number of piperidine rings is 2. The molecule has 73 heavy (non-hydrogen) atoms. The molecule has 8 heterocycles. The molecule has 2 fully saturated rings. The van der Waals surface area contributed by atoms with Gasteiger partial charge < -0.3 is 44.6 Å². The molecule has 2 amide bonds. The Hall–Kier alpha value is -6.65. The second kappa shape index (κ2) is 25.3. The molecule has 2 saturated heterocycles. The van der Waals surface area contributed by atoms with Gasteiger partial charge in [-0.2, -0.15) is 12.6 Å². The van der Waals surface area contributed by atoms with Gasteiger partial charge in [0.25, 0.3) is 0 Å². The van der Waals surface area contributed by atoms with Crippen molar-refractivity contribution in [3.05, 3.63) is 71.5 Å². The number of hydrogen-bond acceptors (Lipinski definition) is 17. The van der Waals surface area contributed by atoms with E-state index in [9.17, 15) is 24.4 Å². The van der Waals surface area contributed by atoms with Gasteiger partial charge in [0.05, 0.1) is 42.8 Å². The number of hydrogen-bond donors (Lipinski definition) is 5. The number of aromatic nitrogens is 8. The van der Waals surface area contributed by atoms with E-state index in [0.29, 0.717) is 66.0 Å². The fraction of sp³-hybridized carbons (Fsp3) is 0.469. The third-order valence-corrected chi connectivity index (χ3v) is 11.4. The fourth-order valence-electron chi connectivity index (χ4n) is 7.89. The summed E-state index contributed by atoms with van der Waals surface area (Å²) in [4.78, 5) is 75.9. The summed E-state index contributed by atoms with van der Waals surface area (Å²) in [5, 5.41) is 18.6. The Balaban J connectivity index is 0.000000241. The predicted octanol–water partition coefficient (Wildman–Crippen LogP) is 9.69. The van der Waals surface area contributed by atoms with Crippen LogP contribution >= 0.6 is 35.8 Å². The van der Waals surface area contributed by atoms with Gasteiger partial charge in [0.1, 0.15) is 22.6 Å². The highest BCUT2D eigenvalue weighted by molar-refractivity contribution is 7.79. The lowest BCUT2D eigenvalue weighted by Crippen LogP contribution is -2.47. The lowest BCUT2D eigenvalue weighted by atomic mass is 10.1. The first kappa shape index (κ1) is 55.7. The third-order valence-electron chi connectivity index (χ3n) is 11.0. The van der Waals surface area contributed by atoms with Crippen LogP contribution in [0.25, 0.3) is 44.6 Å². The number of aryl methyl sites for hydroxylation is 2. The molecular formula is C49H65Cl2N12O9S+. The van der Waals surface area contributed by atoms with Crippen molar-refractivity contribution < 1.29 is 49.4 Å². The van der Waals surface area contributed by atoms with E-state index in [0.717, 1.165) is 58.2 Å². The Labute approximate surface area is 441 Å². The molecule has 0 spiro atoms. The van der Waals surface area contributed by atoms with Crippen LogP contribution < -0.4 is 15.4 Å². The van der Waals surface area contributed by atoms with Crippen molar-refractivity contribution in [1.29, 1.82) is 0 Å². The van der Waals surface area contributed by atoms with Crippen LogP contribution in [-0.2, 0) is 18.9 Å². The third kappa shape index (κ3) is 15.7. The number of halogens is 2. The maximum atomic E-state index is 12.5. The van der Waals surface area contributed by atoms with E-state index in [2.05, 4.69) is 59.5 Å². The lowest BCUT2D eigenvalue weighted by molar-refractivity contribution is -0.885.